The fraction of sp³-hybridized carbons (Fsp3) is 0.0625. The number of aromatic nitrogens is 2. The summed E-state index contributed by atoms with van der Waals surface area (Å²) < 4.78 is 2.09. The van der Waals surface area contributed by atoms with E-state index in [9.17, 15) is 4.79 Å². The van der Waals surface area contributed by atoms with Crippen LogP contribution >= 0.6 is 0 Å². The Morgan fingerprint density at radius 1 is 1.00 bits per heavy atom. The summed E-state index contributed by atoms with van der Waals surface area (Å²) in [7, 11) is 0. The minimum atomic E-state index is -0.209. The number of para-hydroxylation sites is 2. The van der Waals surface area contributed by atoms with Crippen molar-refractivity contribution in [1.29, 1.82) is 0 Å². The van der Waals surface area contributed by atoms with Crippen molar-refractivity contribution in [3.63, 3.8) is 0 Å². The highest BCUT2D eigenvalue weighted by Crippen LogP contribution is 2.21. The number of benzene rings is 2. The predicted octanol–water partition coefficient (Wildman–Crippen LogP) is 2.66. The average molecular weight is 261 g/mol. The molecule has 2 heterocycles. The molecule has 1 aliphatic rings. The Bertz CT molecular complexity index is 861. The number of carbonyl (C=O) groups excluding carboxylic acids is 1. The second kappa shape index (κ2) is 4.13. The number of nitrogens with zero attached hydrogens (tertiary/aromatic N) is 3. The molecule has 3 aromatic rings. The second-order valence-electron chi connectivity index (χ2n) is 4.77. The van der Waals surface area contributed by atoms with Gasteiger partial charge in [0.1, 0.15) is 0 Å². The van der Waals surface area contributed by atoms with Crippen LogP contribution in [-0.2, 0) is 6.54 Å². The molecule has 0 N–H and O–H groups in total. The van der Waals surface area contributed by atoms with Gasteiger partial charge in [-0.2, -0.15) is 0 Å². The standard InChI is InChI=1S/C16H11N3O/c20-16-12-6-2-1-5-11(12)10-19-14-8-4-3-7-13(14)18-15(19)9-17-16/h1-9H,10H2. The van der Waals surface area contributed by atoms with Crippen molar-refractivity contribution in [1.82, 2.24) is 9.55 Å². The Labute approximate surface area is 115 Å². The van der Waals surface area contributed by atoms with Gasteiger partial charge in [-0.3, -0.25) is 4.79 Å². The Morgan fingerprint density at radius 2 is 1.80 bits per heavy atom. The molecule has 0 bridgehead atoms. The van der Waals surface area contributed by atoms with Crippen LogP contribution in [0.4, 0.5) is 0 Å². The first-order valence-electron chi connectivity index (χ1n) is 6.44. The summed E-state index contributed by atoms with van der Waals surface area (Å²) in [5.41, 5.74) is 3.60. The molecular weight excluding hydrogens is 250 g/mol. The maximum absolute atomic E-state index is 12.0. The monoisotopic (exact) mass is 261 g/mol. The minimum absolute atomic E-state index is 0.209. The van der Waals surface area contributed by atoms with Gasteiger partial charge >= 0.3 is 0 Å². The van der Waals surface area contributed by atoms with Crippen LogP contribution in [0, 0.1) is 0 Å². The van der Waals surface area contributed by atoms with E-state index in [-0.39, 0.29) is 5.91 Å². The molecule has 0 aliphatic carbocycles. The van der Waals surface area contributed by atoms with Crippen LogP contribution in [0.25, 0.3) is 11.0 Å². The van der Waals surface area contributed by atoms with Crippen molar-refractivity contribution < 1.29 is 4.79 Å². The SMILES string of the molecule is O=C1N=Cc2nc3ccccc3n2Cc2ccccc21. The fourth-order valence-corrected chi connectivity index (χ4v) is 2.58. The summed E-state index contributed by atoms with van der Waals surface area (Å²) in [5.74, 6) is 0.507. The van der Waals surface area contributed by atoms with Crippen molar-refractivity contribution >= 4 is 23.2 Å². The first-order valence-corrected chi connectivity index (χ1v) is 6.44. The summed E-state index contributed by atoms with van der Waals surface area (Å²) in [6.45, 7) is 0.629. The Morgan fingerprint density at radius 3 is 2.75 bits per heavy atom. The molecule has 0 saturated heterocycles. The Balaban J connectivity index is 2.02. The molecule has 20 heavy (non-hydrogen) atoms. The molecule has 0 fully saturated rings. The molecule has 0 saturated carbocycles. The van der Waals surface area contributed by atoms with Gasteiger partial charge in [0.15, 0.2) is 5.82 Å². The van der Waals surface area contributed by atoms with Crippen LogP contribution < -0.4 is 0 Å². The van der Waals surface area contributed by atoms with Crippen molar-refractivity contribution in [2.24, 2.45) is 4.99 Å². The number of hydrogen-bond donors (Lipinski definition) is 0. The Hall–Kier alpha value is -2.75. The van der Waals surface area contributed by atoms with Crippen molar-refractivity contribution in [3.8, 4) is 0 Å². The van der Waals surface area contributed by atoms with Crippen LogP contribution in [0.3, 0.4) is 0 Å². The molecule has 4 rings (SSSR count). The molecule has 0 unspecified atom stereocenters. The highest BCUT2D eigenvalue weighted by molar-refractivity contribution is 6.03. The average Bonchev–Trinajstić information content (AvgIpc) is 2.82. The number of carbonyl (C=O) groups is 1. The largest absolute Gasteiger partial charge is 0.319 e. The van der Waals surface area contributed by atoms with E-state index in [1.54, 1.807) is 6.21 Å². The van der Waals surface area contributed by atoms with E-state index < -0.39 is 0 Å². The number of aliphatic imine (C=N–C) groups is 1. The summed E-state index contributed by atoms with van der Waals surface area (Å²) in [6, 6.07) is 15.5. The highest BCUT2D eigenvalue weighted by atomic mass is 16.1. The van der Waals surface area contributed by atoms with Gasteiger partial charge in [0.2, 0.25) is 0 Å². The molecule has 4 heteroatoms. The third kappa shape index (κ3) is 1.58. The van der Waals surface area contributed by atoms with E-state index >= 15 is 0 Å². The third-order valence-corrected chi connectivity index (χ3v) is 3.56. The molecule has 1 amide bonds. The van der Waals surface area contributed by atoms with Gasteiger partial charge in [-0.1, -0.05) is 30.3 Å². The molecule has 0 atom stereocenters. The first kappa shape index (κ1) is 11.1. The smallest absolute Gasteiger partial charge is 0.277 e. The molecule has 1 aliphatic heterocycles. The normalized spacial score (nSPS) is 13.7. The first-order chi connectivity index (χ1) is 9.83. The van der Waals surface area contributed by atoms with Gasteiger partial charge < -0.3 is 4.57 Å². The van der Waals surface area contributed by atoms with E-state index in [2.05, 4.69) is 14.5 Å². The summed E-state index contributed by atoms with van der Waals surface area (Å²) in [6.07, 6.45) is 1.55. The van der Waals surface area contributed by atoms with E-state index in [1.807, 2.05) is 48.5 Å². The number of rotatable bonds is 0. The number of amides is 1. The van der Waals surface area contributed by atoms with Gasteiger partial charge in [-0.05, 0) is 23.8 Å². The van der Waals surface area contributed by atoms with Crippen molar-refractivity contribution in [2.75, 3.05) is 0 Å². The van der Waals surface area contributed by atoms with Crippen molar-refractivity contribution in [2.45, 2.75) is 6.54 Å². The lowest BCUT2D eigenvalue weighted by Gasteiger charge is -2.12. The zero-order valence-electron chi connectivity index (χ0n) is 10.7. The van der Waals surface area contributed by atoms with Crippen LogP contribution in [0.5, 0.6) is 0 Å². The highest BCUT2D eigenvalue weighted by Gasteiger charge is 2.16. The van der Waals surface area contributed by atoms with Gasteiger partial charge in [0.05, 0.1) is 23.8 Å². The third-order valence-electron chi connectivity index (χ3n) is 3.56. The predicted molar refractivity (Wildman–Crippen MR) is 77.2 cm³/mol. The summed E-state index contributed by atoms with van der Waals surface area (Å²) in [5, 5.41) is 0. The van der Waals surface area contributed by atoms with E-state index in [1.165, 1.54) is 0 Å². The topological polar surface area (TPSA) is 47.2 Å². The van der Waals surface area contributed by atoms with Crippen molar-refractivity contribution in [3.05, 3.63) is 65.5 Å². The maximum atomic E-state index is 12.0. The lowest BCUT2D eigenvalue weighted by molar-refractivity contribution is 0.100. The van der Waals surface area contributed by atoms with E-state index in [4.69, 9.17) is 0 Å². The fourth-order valence-electron chi connectivity index (χ4n) is 2.58. The second-order valence-corrected chi connectivity index (χ2v) is 4.77. The lowest BCUT2D eigenvalue weighted by Crippen LogP contribution is -2.12. The maximum Gasteiger partial charge on any atom is 0.277 e. The number of hydrogen-bond acceptors (Lipinski definition) is 2. The molecule has 0 spiro atoms. The summed E-state index contributed by atoms with van der Waals surface area (Å²) in [4.78, 5) is 20.6. The van der Waals surface area contributed by atoms with Crippen LogP contribution in [0.15, 0.2) is 53.5 Å². The molecule has 1 aromatic heterocycles. The van der Waals surface area contributed by atoms with E-state index in [0.717, 1.165) is 16.6 Å². The number of imidazole rings is 1. The van der Waals surface area contributed by atoms with E-state index in [0.29, 0.717) is 17.9 Å². The molecule has 0 radical (unpaired) electrons. The van der Waals surface area contributed by atoms with Gasteiger partial charge in [-0.25, -0.2) is 9.98 Å². The minimum Gasteiger partial charge on any atom is -0.319 e. The molecule has 96 valence electrons. The zero-order valence-corrected chi connectivity index (χ0v) is 10.7. The zero-order chi connectivity index (χ0) is 13.5. The lowest BCUT2D eigenvalue weighted by atomic mass is 10.1. The van der Waals surface area contributed by atoms with Crippen LogP contribution in [0.1, 0.15) is 21.7 Å². The summed E-state index contributed by atoms with van der Waals surface area (Å²) >= 11 is 0. The molecule has 4 nitrogen and oxygen atoms in total. The molecule has 2 aromatic carbocycles. The van der Waals surface area contributed by atoms with Crippen LogP contribution in [0.2, 0.25) is 0 Å². The van der Waals surface area contributed by atoms with Crippen LogP contribution in [-0.4, -0.2) is 21.7 Å². The van der Waals surface area contributed by atoms with Gasteiger partial charge in [0.25, 0.3) is 5.91 Å². The Kier molecular flexibility index (Phi) is 2.29. The quantitative estimate of drug-likeness (QED) is 0.624. The van der Waals surface area contributed by atoms with Gasteiger partial charge in [-0.15, -0.1) is 0 Å². The molecular formula is C16H11N3O. The van der Waals surface area contributed by atoms with Gasteiger partial charge in [0, 0.05) is 5.56 Å². The number of fused-ring (bicyclic) bond motifs is 4.